The lowest BCUT2D eigenvalue weighted by Crippen LogP contribution is -2.52. The van der Waals surface area contributed by atoms with Gasteiger partial charge in [-0.1, -0.05) is 50.0 Å². The smallest absolute Gasteiger partial charge is 0.408 e. The van der Waals surface area contributed by atoms with Gasteiger partial charge in [-0.05, 0) is 29.7 Å². The van der Waals surface area contributed by atoms with Crippen LogP contribution in [0.4, 0.5) is 4.79 Å². The Hall–Kier alpha value is -2.73. The van der Waals surface area contributed by atoms with Crippen molar-refractivity contribution in [3.63, 3.8) is 0 Å². The predicted molar refractivity (Wildman–Crippen MR) is 132 cm³/mol. The van der Waals surface area contributed by atoms with Crippen LogP contribution in [0.1, 0.15) is 20.8 Å². The molecule has 0 spiro atoms. The molecule has 1 aromatic carbocycles. The number of carbonyl (C=O) groups is 2. The van der Waals surface area contributed by atoms with Crippen molar-refractivity contribution in [2.24, 2.45) is 5.41 Å². The second-order valence-corrected chi connectivity index (χ2v) is 11.5. The van der Waals surface area contributed by atoms with Gasteiger partial charge < -0.3 is 9.67 Å². The van der Waals surface area contributed by atoms with Crippen molar-refractivity contribution in [2.45, 2.75) is 38.4 Å². The van der Waals surface area contributed by atoms with Crippen LogP contribution in [0.5, 0.6) is 0 Å². The molecule has 0 aliphatic rings. The van der Waals surface area contributed by atoms with E-state index < -0.39 is 46.4 Å². The van der Waals surface area contributed by atoms with Gasteiger partial charge in [0.1, 0.15) is 0 Å². The van der Waals surface area contributed by atoms with Crippen molar-refractivity contribution in [3.8, 4) is 0 Å². The lowest BCUT2D eigenvalue weighted by molar-refractivity contribution is -0.119. The molecule has 0 saturated carbocycles. The fourth-order valence-electron chi connectivity index (χ4n) is 3.54. The molecule has 1 amide bonds. The number of hydrogen-bond donors (Lipinski definition) is 2. The lowest BCUT2D eigenvalue weighted by Gasteiger charge is -2.38. The molecule has 3 aromatic rings. The molecule has 0 radical (unpaired) electrons. The molecule has 0 unspecified atom stereocenters. The van der Waals surface area contributed by atoms with Crippen LogP contribution in [0.15, 0.2) is 47.9 Å². The Balaban J connectivity index is 1.81. The molecule has 0 aliphatic heterocycles. The molecular formula is C22H25Cl2N5O5S. The van der Waals surface area contributed by atoms with Gasteiger partial charge in [0.15, 0.2) is 10.8 Å². The van der Waals surface area contributed by atoms with E-state index in [-0.39, 0.29) is 11.6 Å². The topological polar surface area (TPSA) is 134 Å². The van der Waals surface area contributed by atoms with E-state index in [9.17, 15) is 23.1 Å². The van der Waals surface area contributed by atoms with E-state index in [1.54, 1.807) is 29.1 Å². The summed E-state index contributed by atoms with van der Waals surface area (Å²) in [6.07, 6.45) is 1.56. The van der Waals surface area contributed by atoms with Crippen LogP contribution in [-0.2, 0) is 21.4 Å². The maximum atomic E-state index is 12.7. The zero-order valence-electron chi connectivity index (χ0n) is 19.3. The summed E-state index contributed by atoms with van der Waals surface area (Å²) >= 11 is 12.2. The Kier molecular flexibility index (Phi) is 8.05. The molecule has 2 heterocycles. The van der Waals surface area contributed by atoms with E-state index >= 15 is 0 Å². The number of ketones is 1. The molecule has 0 aliphatic carbocycles. The monoisotopic (exact) mass is 541 g/mol. The van der Waals surface area contributed by atoms with Gasteiger partial charge in [0.25, 0.3) is 10.0 Å². The quantitative estimate of drug-likeness (QED) is 0.421. The van der Waals surface area contributed by atoms with Gasteiger partial charge in [-0.25, -0.2) is 27.9 Å². The Morgan fingerprint density at radius 3 is 2.46 bits per heavy atom. The Morgan fingerprint density at radius 2 is 1.86 bits per heavy atom. The van der Waals surface area contributed by atoms with Gasteiger partial charge in [-0.15, -0.1) is 0 Å². The third-order valence-electron chi connectivity index (χ3n) is 5.37. The van der Waals surface area contributed by atoms with Gasteiger partial charge in [0.2, 0.25) is 0 Å². The minimum Gasteiger partial charge on any atom is -0.465 e. The zero-order chi connectivity index (χ0) is 26.0. The highest BCUT2D eigenvalue weighted by Gasteiger charge is 2.35. The summed E-state index contributed by atoms with van der Waals surface area (Å²) in [6, 6.07) is 6.96. The number of sulfonamides is 1. The van der Waals surface area contributed by atoms with E-state index in [0.29, 0.717) is 21.1 Å². The number of rotatable bonds is 9. The fourth-order valence-corrected chi connectivity index (χ4v) is 4.81. The van der Waals surface area contributed by atoms with Gasteiger partial charge in [-0.2, -0.15) is 0 Å². The number of Topliss-reactive ketones (excluding diaryl/α,β-unsaturated/α-hetero) is 1. The number of carboxylic acid groups (broad SMARTS) is 1. The van der Waals surface area contributed by atoms with Crippen LogP contribution >= 0.6 is 23.2 Å². The van der Waals surface area contributed by atoms with Crippen molar-refractivity contribution in [1.29, 1.82) is 0 Å². The second-order valence-electron chi connectivity index (χ2n) is 8.98. The number of halogens is 2. The summed E-state index contributed by atoms with van der Waals surface area (Å²) in [5, 5.41) is 10.4. The molecule has 3 rings (SSSR count). The highest BCUT2D eigenvalue weighted by atomic mass is 35.5. The minimum atomic E-state index is -4.02. The number of nitrogens with one attached hydrogen (secondary N) is 1. The van der Waals surface area contributed by atoms with Gasteiger partial charge in [-0.3, -0.25) is 9.69 Å². The fraction of sp³-hybridized carbons (Fsp3) is 0.364. The number of pyridine rings is 1. The molecular weight excluding hydrogens is 517 g/mol. The molecule has 188 valence electrons. The predicted octanol–water partition coefficient (Wildman–Crippen LogP) is 3.68. The number of imidazole rings is 1. The van der Waals surface area contributed by atoms with Crippen LogP contribution < -0.4 is 4.72 Å². The maximum Gasteiger partial charge on any atom is 0.408 e. The molecule has 10 nitrogen and oxygen atoms in total. The molecule has 0 fully saturated rings. The first kappa shape index (κ1) is 26.9. The van der Waals surface area contributed by atoms with E-state index in [0.717, 1.165) is 4.90 Å². The minimum absolute atomic E-state index is 0.178. The van der Waals surface area contributed by atoms with Gasteiger partial charge >= 0.3 is 6.09 Å². The first-order chi connectivity index (χ1) is 16.3. The van der Waals surface area contributed by atoms with E-state index in [2.05, 4.69) is 14.7 Å². The average molecular weight is 542 g/mol. The summed E-state index contributed by atoms with van der Waals surface area (Å²) in [4.78, 5) is 33.9. The molecule has 35 heavy (non-hydrogen) atoms. The SMILES string of the molecule is CC(C)(C)[C@@H](Cn1cnc2cc(Cl)c(Cl)cc21)N(CC(=O)CNS(=O)(=O)c1ccccn1)C(=O)O. The van der Waals surface area contributed by atoms with Crippen molar-refractivity contribution in [2.75, 3.05) is 13.1 Å². The summed E-state index contributed by atoms with van der Waals surface area (Å²) in [5.41, 5.74) is 0.668. The van der Waals surface area contributed by atoms with E-state index in [1.807, 2.05) is 20.8 Å². The van der Waals surface area contributed by atoms with Crippen LogP contribution in [0.3, 0.4) is 0 Å². The third-order valence-corrected chi connectivity index (χ3v) is 7.41. The Morgan fingerprint density at radius 1 is 1.17 bits per heavy atom. The summed E-state index contributed by atoms with van der Waals surface area (Å²) in [5.74, 6) is -0.619. The average Bonchev–Trinajstić information content (AvgIpc) is 3.16. The second kappa shape index (κ2) is 10.5. The number of aromatic nitrogens is 3. The number of hydrogen-bond acceptors (Lipinski definition) is 6. The Bertz CT molecular complexity index is 1340. The van der Waals surface area contributed by atoms with Crippen LogP contribution in [0.2, 0.25) is 10.0 Å². The normalized spacial score (nSPS) is 13.1. The van der Waals surface area contributed by atoms with Gasteiger partial charge in [0, 0.05) is 12.7 Å². The molecule has 2 aromatic heterocycles. The first-order valence-corrected chi connectivity index (χ1v) is 12.8. The van der Waals surface area contributed by atoms with E-state index in [4.69, 9.17) is 23.2 Å². The van der Waals surface area contributed by atoms with Crippen molar-refractivity contribution in [3.05, 3.63) is 52.9 Å². The molecule has 13 heteroatoms. The highest BCUT2D eigenvalue weighted by Crippen LogP contribution is 2.30. The number of carbonyl (C=O) groups excluding carboxylic acids is 1. The van der Waals surface area contributed by atoms with Crippen LogP contribution in [-0.4, -0.2) is 64.0 Å². The number of fused-ring (bicyclic) bond motifs is 1. The number of amides is 1. The lowest BCUT2D eigenvalue weighted by atomic mass is 9.85. The van der Waals surface area contributed by atoms with Crippen LogP contribution in [0, 0.1) is 5.41 Å². The van der Waals surface area contributed by atoms with Gasteiger partial charge in [0.05, 0.1) is 46.5 Å². The summed E-state index contributed by atoms with van der Waals surface area (Å²) in [7, 11) is -4.02. The van der Waals surface area contributed by atoms with Crippen molar-refractivity contribution < 1.29 is 23.1 Å². The summed E-state index contributed by atoms with van der Waals surface area (Å²) < 4.78 is 28.6. The largest absolute Gasteiger partial charge is 0.465 e. The maximum absolute atomic E-state index is 12.7. The molecule has 1 atom stereocenters. The zero-order valence-corrected chi connectivity index (χ0v) is 21.6. The third kappa shape index (κ3) is 6.49. The first-order valence-electron chi connectivity index (χ1n) is 10.5. The van der Waals surface area contributed by atoms with Crippen molar-refractivity contribution in [1.82, 2.24) is 24.2 Å². The Labute approximate surface area is 212 Å². The highest BCUT2D eigenvalue weighted by molar-refractivity contribution is 7.89. The molecule has 0 bridgehead atoms. The number of benzene rings is 1. The van der Waals surface area contributed by atoms with Crippen molar-refractivity contribution >= 4 is 56.1 Å². The van der Waals surface area contributed by atoms with Crippen LogP contribution in [0.25, 0.3) is 11.0 Å². The van der Waals surface area contributed by atoms with E-state index in [1.165, 1.54) is 18.3 Å². The number of nitrogens with zero attached hydrogens (tertiary/aromatic N) is 4. The summed E-state index contributed by atoms with van der Waals surface area (Å²) in [6.45, 7) is 4.64. The molecule has 2 N–H and O–H groups in total. The molecule has 0 saturated heterocycles. The standard InChI is InChI=1S/C22H25Cl2N5O5S/c1-22(2,3)19(12-28-13-26-17-8-15(23)16(24)9-18(17)28)29(21(31)32)11-14(30)10-27-35(33,34)20-6-4-5-7-25-20/h4-9,13,19,27H,10-12H2,1-3H3,(H,31,32)/t19-/m1/s1.